The molecule has 5 rings (SSSR count). The standard InChI is InChI=1S/C22H24N6O2/c1-13-16-7-6-14(9-19(16)27(2)26-13)22(29)24-15-10-20(30-3)21-25-18(12-28(21)11-15)17-5-4-8-23-17/h6-7,9-12,17,23H,4-5,8H2,1-3H3,(H,24,29)/t17-/m1/s1. The first-order valence-corrected chi connectivity index (χ1v) is 10.1. The highest BCUT2D eigenvalue weighted by atomic mass is 16.5. The van der Waals surface area contributed by atoms with Gasteiger partial charge in [0.1, 0.15) is 0 Å². The van der Waals surface area contributed by atoms with Crippen LogP contribution < -0.4 is 15.4 Å². The van der Waals surface area contributed by atoms with Gasteiger partial charge in [-0.2, -0.15) is 5.10 Å². The SMILES string of the molecule is COc1cc(NC(=O)c2ccc3c(C)nn(C)c3c2)cn2cc([C@H]3CCCN3)nc12. The number of imidazole rings is 1. The van der Waals surface area contributed by atoms with E-state index in [2.05, 4.69) is 15.7 Å². The molecule has 4 aromatic rings. The van der Waals surface area contributed by atoms with Crippen LogP contribution in [0.1, 0.15) is 40.6 Å². The van der Waals surface area contributed by atoms with Gasteiger partial charge in [-0.25, -0.2) is 4.98 Å². The van der Waals surface area contributed by atoms with E-state index < -0.39 is 0 Å². The highest BCUT2D eigenvalue weighted by Gasteiger charge is 2.21. The predicted octanol–water partition coefficient (Wildman–Crippen LogP) is 3.21. The number of aryl methyl sites for hydroxylation is 2. The molecule has 0 saturated carbocycles. The molecule has 8 nitrogen and oxygen atoms in total. The van der Waals surface area contributed by atoms with Crippen LogP contribution in [0, 0.1) is 6.92 Å². The smallest absolute Gasteiger partial charge is 0.255 e. The Hall–Kier alpha value is -3.39. The minimum Gasteiger partial charge on any atom is -0.493 e. The van der Waals surface area contributed by atoms with Crippen molar-refractivity contribution >= 4 is 28.1 Å². The second kappa shape index (κ2) is 7.14. The van der Waals surface area contributed by atoms with Crippen molar-refractivity contribution in [3.63, 3.8) is 0 Å². The third-order valence-electron chi connectivity index (χ3n) is 5.73. The number of fused-ring (bicyclic) bond motifs is 2. The molecule has 8 heteroatoms. The van der Waals surface area contributed by atoms with Gasteiger partial charge >= 0.3 is 0 Å². The lowest BCUT2D eigenvalue weighted by molar-refractivity contribution is 0.102. The normalized spacial score (nSPS) is 16.4. The van der Waals surface area contributed by atoms with Crippen LogP contribution in [0.4, 0.5) is 5.69 Å². The number of nitrogens with zero attached hydrogens (tertiary/aromatic N) is 4. The zero-order valence-corrected chi connectivity index (χ0v) is 17.3. The van der Waals surface area contributed by atoms with Crippen LogP contribution in [0.15, 0.2) is 36.7 Å². The van der Waals surface area contributed by atoms with E-state index in [4.69, 9.17) is 9.72 Å². The number of anilines is 1. The quantitative estimate of drug-likeness (QED) is 0.546. The topological polar surface area (TPSA) is 85.5 Å². The number of nitrogens with one attached hydrogen (secondary N) is 2. The van der Waals surface area contributed by atoms with Crippen molar-refractivity contribution in [1.29, 1.82) is 0 Å². The first-order valence-electron chi connectivity index (χ1n) is 10.1. The summed E-state index contributed by atoms with van der Waals surface area (Å²) in [6.45, 7) is 2.97. The van der Waals surface area contributed by atoms with Gasteiger partial charge in [-0.3, -0.25) is 9.48 Å². The molecular weight excluding hydrogens is 380 g/mol. The van der Waals surface area contributed by atoms with Crippen LogP contribution in [0.3, 0.4) is 0 Å². The Bertz CT molecular complexity index is 1270. The van der Waals surface area contributed by atoms with Crippen molar-refractivity contribution in [1.82, 2.24) is 24.5 Å². The average Bonchev–Trinajstić information content (AvgIpc) is 3.47. The number of methoxy groups -OCH3 is 1. The number of ether oxygens (including phenoxy) is 1. The average molecular weight is 404 g/mol. The Labute approximate surface area is 173 Å². The second-order valence-electron chi connectivity index (χ2n) is 7.74. The summed E-state index contributed by atoms with van der Waals surface area (Å²) in [5.74, 6) is 0.435. The van der Waals surface area contributed by atoms with Crippen LogP contribution in [0.2, 0.25) is 0 Å². The van der Waals surface area contributed by atoms with Crippen LogP contribution >= 0.6 is 0 Å². The lowest BCUT2D eigenvalue weighted by atomic mass is 10.1. The maximum absolute atomic E-state index is 12.9. The van der Waals surface area contributed by atoms with E-state index >= 15 is 0 Å². The van der Waals surface area contributed by atoms with Gasteiger partial charge < -0.3 is 19.8 Å². The van der Waals surface area contributed by atoms with Crippen molar-refractivity contribution in [2.75, 3.05) is 19.0 Å². The fourth-order valence-electron chi connectivity index (χ4n) is 4.19. The molecule has 2 N–H and O–H groups in total. The summed E-state index contributed by atoms with van der Waals surface area (Å²) in [7, 11) is 3.49. The van der Waals surface area contributed by atoms with Crippen molar-refractivity contribution in [3.8, 4) is 5.75 Å². The maximum atomic E-state index is 12.9. The summed E-state index contributed by atoms with van der Waals surface area (Å²) in [6.07, 6.45) is 6.10. The predicted molar refractivity (Wildman–Crippen MR) is 115 cm³/mol. The molecule has 1 fully saturated rings. The number of pyridine rings is 1. The molecule has 0 bridgehead atoms. The van der Waals surface area contributed by atoms with E-state index in [-0.39, 0.29) is 11.9 Å². The highest BCUT2D eigenvalue weighted by molar-refractivity contribution is 6.06. The zero-order chi connectivity index (χ0) is 20.8. The van der Waals surface area contributed by atoms with Crippen molar-refractivity contribution in [2.24, 2.45) is 7.05 Å². The van der Waals surface area contributed by atoms with Gasteiger partial charge in [0.15, 0.2) is 11.4 Å². The van der Waals surface area contributed by atoms with E-state index in [1.807, 2.05) is 49.0 Å². The monoisotopic (exact) mass is 404 g/mol. The largest absolute Gasteiger partial charge is 0.493 e. The number of carbonyl (C=O) groups is 1. The molecule has 1 aliphatic heterocycles. The van der Waals surface area contributed by atoms with E-state index in [9.17, 15) is 4.79 Å². The summed E-state index contributed by atoms with van der Waals surface area (Å²) in [5, 5.41) is 11.9. The summed E-state index contributed by atoms with van der Waals surface area (Å²) in [5.41, 5.74) is 4.83. The summed E-state index contributed by atoms with van der Waals surface area (Å²) >= 11 is 0. The van der Waals surface area contributed by atoms with Gasteiger partial charge in [0.2, 0.25) is 0 Å². The Morgan fingerprint density at radius 2 is 2.17 bits per heavy atom. The Morgan fingerprint density at radius 1 is 1.30 bits per heavy atom. The van der Waals surface area contributed by atoms with Crippen LogP contribution in [-0.4, -0.2) is 38.7 Å². The highest BCUT2D eigenvalue weighted by Crippen LogP contribution is 2.29. The van der Waals surface area contributed by atoms with E-state index in [1.54, 1.807) is 17.9 Å². The molecule has 1 amide bonds. The molecule has 0 spiro atoms. The number of amides is 1. The van der Waals surface area contributed by atoms with Gasteiger partial charge in [0.25, 0.3) is 5.91 Å². The zero-order valence-electron chi connectivity index (χ0n) is 17.3. The van der Waals surface area contributed by atoms with Gasteiger partial charge in [-0.1, -0.05) is 6.07 Å². The molecule has 1 saturated heterocycles. The molecule has 154 valence electrons. The number of aromatic nitrogens is 4. The number of benzene rings is 1. The van der Waals surface area contributed by atoms with E-state index in [1.165, 1.54) is 0 Å². The molecule has 30 heavy (non-hydrogen) atoms. The fraction of sp³-hybridized carbons (Fsp3) is 0.318. The minimum atomic E-state index is -0.185. The number of rotatable bonds is 4. The van der Waals surface area contributed by atoms with Crippen LogP contribution in [0.25, 0.3) is 16.6 Å². The Morgan fingerprint density at radius 3 is 2.93 bits per heavy atom. The summed E-state index contributed by atoms with van der Waals surface area (Å²) in [6, 6.07) is 7.69. The Balaban J connectivity index is 1.47. The van der Waals surface area contributed by atoms with Crippen LogP contribution in [-0.2, 0) is 7.05 Å². The van der Waals surface area contributed by atoms with Crippen molar-refractivity contribution in [3.05, 3.63) is 53.6 Å². The molecule has 1 aliphatic rings. The Kier molecular flexibility index (Phi) is 4.43. The van der Waals surface area contributed by atoms with Gasteiger partial charge in [-0.15, -0.1) is 0 Å². The number of hydrogen-bond donors (Lipinski definition) is 2. The van der Waals surface area contributed by atoms with E-state index in [0.29, 0.717) is 17.0 Å². The molecule has 4 heterocycles. The molecule has 1 atom stereocenters. The fourth-order valence-corrected chi connectivity index (χ4v) is 4.19. The van der Waals surface area contributed by atoms with Crippen molar-refractivity contribution in [2.45, 2.75) is 25.8 Å². The lowest BCUT2D eigenvalue weighted by Crippen LogP contribution is -2.13. The molecule has 1 aromatic carbocycles. The number of hydrogen-bond acceptors (Lipinski definition) is 5. The van der Waals surface area contributed by atoms with Gasteiger partial charge in [0, 0.05) is 36.5 Å². The van der Waals surface area contributed by atoms with Gasteiger partial charge in [-0.05, 0) is 38.4 Å². The molecular formula is C22H24N6O2. The molecule has 0 aliphatic carbocycles. The first kappa shape index (κ1) is 18.6. The number of carbonyl (C=O) groups excluding carboxylic acids is 1. The molecule has 0 unspecified atom stereocenters. The maximum Gasteiger partial charge on any atom is 0.255 e. The summed E-state index contributed by atoms with van der Waals surface area (Å²) < 4.78 is 9.25. The molecule has 3 aromatic heterocycles. The first-order chi connectivity index (χ1) is 14.5. The third-order valence-corrected chi connectivity index (χ3v) is 5.73. The lowest BCUT2D eigenvalue weighted by Gasteiger charge is -2.09. The van der Waals surface area contributed by atoms with Crippen LogP contribution in [0.5, 0.6) is 5.75 Å². The van der Waals surface area contributed by atoms with E-state index in [0.717, 1.165) is 47.3 Å². The second-order valence-corrected chi connectivity index (χ2v) is 7.74. The van der Waals surface area contributed by atoms with Gasteiger partial charge in [0.05, 0.1) is 35.7 Å². The molecule has 0 radical (unpaired) electrons. The third kappa shape index (κ3) is 3.09. The van der Waals surface area contributed by atoms with Crippen molar-refractivity contribution < 1.29 is 9.53 Å². The summed E-state index contributed by atoms with van der Waals surface area (Å²) in [4.78, 5) is 17.7. The minimum absolute atomic E-state index is 0.185.